The zero-order chi connectivity index (χ0) is 49.7. The summed E-state index contributed by atoms with van der Waals surface area (Å²) in [5.41, 5.74) is -1.25. The molecular formula is C57H103N3O8. The Morgan fingerprint density at radius 2 is 0.853 bits per heavy atom. The third kappa shape index (κ3) is 22.7. The molecule has 394 valence electrons. The Bertz CT molecular complexity index is 1520. The van der Waals surface area contributed by atoms with Crippen molar-refractivity contribution in [3.63, 3.8) is 0 Å². The molecule has 11 heteroatoms. The van der Waals surface area contributed by atoms with Gasteiger partial charge in [0.25, 0.3) is 0 Å². The van der Waals surface area contributed by atoms with Gasteiger partial charge in [-0.15, -0.1) is 0 Å². The molecule has 0 amide bonds. The van der Waals surface area contributed by atoms with E-state index in [4.69, 9.17) is 10.5 Å². The molecular weight excluding hydrogens is 855 g/mol. The van der Waals surface area contributed by atoms with E-state index in [0.717, 1.165) is 68.8 Å². The van der Waals surface area contributed by atoms with Gasteiger partial charge >= 0.3 is 5.69 Å². The molecule has 0 spiro atoms. The van der Waals surface area contributed by atoms with E-state index < -0.39 is 52.7 Å². The van der Waals surface area contributed by atoms with Crippen LogP contribution in [0.3, 0.4) is 0 Å². The molecule has 1 unspecified atom stereocenters. The largest absolute Gasteiger partial charge is 0.385 e. The summed E-state index contributed by atoms with van der Waals surface area (Å²) in [6.07, 6.45) is 38.3. The number of ketones is 3. The van der Waals surface area contributed by atoms with Crippen LogP contribution in [0.15, 0.2) is 17.1 Å². The minimum Gasteiger partial charge on any atom is -0.385 e. The molecule has 1 aliphatic heterocycles. The van der Waals surface area contributed by atoms with Crippen molar-refractivity contribution in [3.8, 4) is 0 Å². The third-order valence-corrected chi connectivity index (χ3v) is 14.7. The monoisotopic (exact) mass is 958 g/mol. The van der Waals surface area contributed by atoms with Crippen LogP contribution < -0.4 is 11.4 Å². The predicted molar refractivity (Wildman–Crippen MR) is 279 cm³/mol. The number of carbonyl (C=O) groups is 3. The zero-order valence-electron chi connectivity index (χ0n) is 43.9. The van der Waals surface area contributed by atoms with E-state index in [0.29, 0.717) is 32.1 Å². The Morgan fingerprint density at radius 3 is 1.19 bits per heavy atom. The van der Waals surface area contributed by atoms with E-state index >= 15 is 0 Å². The smallest absolute Gasteiger partial charge is 0.351 e. The van der Waals surface area contributed by atoms with Crippen LogP contribution in [-0.4, -0.2) is 65.6 Å². The summed E-state index contributed by atoms with van der Waals surface area (Å²) in [6.45, 7) is 6.70. The summed E-state index contributed by atoms with van der Waals surface area (Å²) in [4.78, 5) is 60.4. The number of hydrogen-bond donors (Lipinski definition) is 4. The van der Waals surface area contributed by atoms with Crippen molar-refractivity contribution in [2.75, 3.05) is 5.73 Å². The fourth-order valence-corrected chi connectivity index (χ4v) is 10.2. The normalized spacial score (nSPS) is 19.7. The summed E-state index contributed by atoms with van der Waals surface area (Å²) >= 11 is 0. The van der Waals surface area contributed by atoms with Crippen molar-refractivity contribution in [3.05, 3.63) is 22.7 Å². The van der Waals surface area contributed by atoms with Crippen LogP contribution in [0.1, 0.15) is 297 Å². The number of rotatable bonds is 47. The number of Topliss-reactive ketones (excluding diaryl/α,β-unsaturated/α-hetero) is 3. The number of hydrogen-bond acceptors (Lipinski definition) is 10. The number of aliphatic hydroxyl groups excluding tert-OH is 1. The first-order valence-electron chi connectivity index (χ1n) is 28.7. The van der Waals surface area contributed by atoms with Crippen LogP contribution in [0.25, 0.3) is 0 Å². The van der Waals surface area contributed by atoms with E-state index in [9.17, 15) is 34.5 Å². The second-order valence-electron chi connectivity index (χ2n) is 20.7. The quantitative estimate of drug-likeness (QED) is 0.0459. The molecule has 68 heavy (non-hydrogen) atoms. The molecule has 11 nitrogen and oxygen atoms in total. The fourth-order valence-electron chi connectivity index (χ4n) is 10.2. The molecule has 5 N–H and O–H groups in total. The van der Waals surface area contributed by atoms with Crippen molar-refractivity contribution in [2.24, 2.45) is 0 Å². The first-order chi connectivity index (χ1) is 33.0. The average Bonchev–Trinajstić information content (AvgIpc) is 3.57. The maximum absolute atomic E-state index is 14.5. The lowest BCUT2D eigenvalue weighted by Gasteiger charge is -2.38. The number of aliphatic hydroxyl groups is 3. The Morgan fingerprint density at radius 1 is 0.544 bits per heavy atom. The van der Waals surface area contributed by atoms with Crippen LogP contribution in [0.5, 0.6) is 0 Å². The summed E-state index contributed by atoms with van der Waals surface area (Å²) in [5.74, 6) is -2.90. The van der Waals surface area contributed by atoms with Crippen LogP contribution in [-0.2, 0) is 19.1 Å². The van der Waals surface area contributed by atoms with Crippen LogP contribution in [0.2, 0.25) is 0 Å². The highest BCUT2D eigenvalue weighted by Crippen LogP contribution is 2.49. The number of nitrogens with zero attached hydrogens (tertiary/aromatic N) is 2. The number of nitrogen functional groups attached to an aromatic ring is 1. The maximum atomic E-state index is 14.5. The highest BCUT2D eigenvalue weighted by molar-refractivity contribution is 6.06. The number of anilines is 1. The molecule has 1 aromatic rings. The minimum atomic E-state index is -3.06. The highest BCUT2D eigenvalue weighted by atomic mass is 16.6. The van der Waals surface area contributed by atoms with Crippen molar-refractivity contribution >= 4 is 23.2 Å². The van der Waals surface area contributed by atoms with Gasteiger partial charge in [0, 0.05) is 19.0 Å². The van der Waals surface area contributed by atoms with Gasteiger partial charge < -0.3 is 25.8 Å². The van der Waals surface area contributed by atoms with Crippen molar-refractivity contribution < 1.29 is 34.4 Å². The molecule has 1 aromatic heterocycles. The molecule has 0 bridgehead atoms. The number of carbonyl (C=O) groups excluding carboxylic acids is 3. The zero-order valence-corrected chi connectivity index (χ0v) is 43.9. The Labute approximate surface area is 414 Å². The molecule has 2 rings (SSSR count). The molecule has 1 aliphatic rings. The van der Waals surface area contributed by atoms with E-state index in [1.165, 1.54) is 166 Å². The lowest BCUT2D eigenvalue weighted by atomic mass is 9.70. The molecule has 1 fully saturated rings. The van der Waals surface area contributed by atoms with Crippen molar-refractivity contribution in [2.45, 2.75) is 320 Å². The van der Waals surface area contributed by atoms with Crippen LogP contribution in [0, 0.1) is 0 Å². The summed E-state index contributed by atoms with van der Waals surface area (Å²) in [5, 5.41) is 36.8. The molecule has 2 heterocycles. The van der Waals surface area contributed by atoms with Crippen molar-refractivity contribution in [1.29, 1.82) is 0 Å². The first kappa shape index (κ1) is 61.6. The van der Waals surface area contributed by atoms with Gasteiger partial charge in [-0.3, -0.25) is 19.0 Å². The van der Waals surface area contributed by atoms with Gasteiger partial charge in [0.15, 0.2) is 35.3 Å². The molecule has 1 saturated heterocycles. The summed E-state index contributed by atoms with van der Waals surface area (Å²) in [7, 11) is 0. The Kier molecular flexibility index (Phi) is 34.7. The molecule has 5 atom stereocenters. The highest BCUT2D eigenvalue weighted by Gasteiger charge is 2.75. The predicted octanol–water partition coefficient (Wildman–Crippen LogP) is 13.7. The summed E-state index contributed by atoms with van der Waals surface area (Å²) < 4.78 is 6.94. The van der Waals surface area contributed by atoms with Gasteiger partial charge in [0.1, 0.15) is 11.9 Å². The van der Waals surface area contributed by atoms with Gasteiger partial charge in [-0.05, 0) is 25.3 Å². The standard InChI is InChI=1S/C57H103N3O8/c1-4-7-10-13-16-19-22-25-28-31-34-37-40-43-48(61)52(64)53-56(66,49(62)44-41-38-35-32-29-26-23-20-17-14-11-8-5-2)57(67,54(68-53)60-47-46-51(58)59-55(60)65)50(63)45-42-39-36-33-30-27-24-21-18-15-12-9-6-3/h46-48,53-54,61,66-67H,4-45H2,1-3H3,(H2,58,59,65)/t48?,53-,54-,56-,57+/m1/s1. The van der Waals surface area contributed by atoms with Crippen LogP contribution >= 0.6 is 0 Å². The van der Waals surface area contributed by atoms with E-state index in [1.807, 2.05) is 0 Å². The lowest BCUT2D eigenvalue weighted by molar-refractivity contribution is -0.185. The van der Waals surface area contributed by atoms with Gasteiger partial charge in [-0.1, -0.05) is 258 Å². The van der Waals surface area contributed by atoms with Gasteiger partial charge in [0.05, 0.1) is 0 Å². The third-order valence-electron chi connectivity index (χ3n) is 14.7. The van der Waals surface area contributed by atoms with Gasteiger partial charge in [0.2, 0.25) is 5.60 Å². The number of unbranched alkanes of at least 4 members (excludes halogenated alkanes) is 36. The van der Waals surface area contributed by atoms with Crippen LogP contribution in [0.4, 0.5) is 5.82 Å². The van der Waals surface area contributed by atoms with Gasteiger partial charge in [-0.25, -0.2) is 4.79 Å². The number of aromatic nitrogens is 2. The molecule has 0 saturated carbocycles. The maximum Gasteiger partial charge on any atom is 0.351 e. The van der Waals surface area contributed by atoms with Crippen molar-refractivity contribution in [1.82, 2.24) is 9.55 Å². The summed E-state index contributed by atoms with van der Waals surface area (Å²) in [6, 6.07) is 1.29. The number of ether oxygens (including phenoxy) is 1. The lowest BCUT2D eigenvalue weighted by Crippen LogP contribution is -2.68. The van der Waals surface area contributed by atoms with Gasteiger partial charge in [-0.2, -0.15) is 4.98 Å². The van der Waals surface area contributed by atoms with E-state index in [1.54, 1.807) is 0 Å². The molecule has 0 aliphatic carbocycles. The SMILES string of the molecule is CCCCCCCCCCCCCCCC(=O)[C@@]1(O)[C@@H](C(=O)C(O)CCCCCCCCCCCCCCC)O[C@@H](n2ccc(N)nc2=O)[C@@]1(O)C(=O)CCCCCCCCCCCCCCC. The second-order valence-corrected chi connectivity index (χ2v) is 20.7. The molecule has 0 aromatic carbocycles. The average molecular weight is 958 g/mol. The first-order valence-corrected chi connectivity index (χ1v) is 28.7. The topological polar surface area (TPSA) is 182 Å². The second kappa shape index (κ2) is 38.2. The molecule has 0 radical (unpaired) electrons. The Balaban J connectivity index is 2.14. The van der Waals surface area contributed by atoms with E-state index in [2.05, 4.69) is 25.8 Å². The minimum absolute atomic E-state index is 0.0684. The number of nitrogens with two attached hydrogens (primary N) is 1. The fraction of sp³-hybridized carbons (Fsp3) is 0.877. The Hall–Kier alpha value is -2.47. The van der Waals surface area contributed by atoms with E-state index in [-0.39, 0.29) is 25.1 Å².